The van der Waals surface area contributed by atoms with E-state index >= 15 is 0 Å². The molecular weight excluding hydrogens is 172 g/mol. The Balaban J connectivity index is 4.38. The Hall–Kier alpha value is -1.54. The summed E-state index contributed by atoms with van der Waals surface area (Å²) in [6, 6.07) is 4.05. The summed E-state index contributed by atoms with van der Waals surface area (Å²) >= 11 is 0. The molecule has 0 amide bonds. The molecule has 0 saturated carbocycles. The van der Waals surface area contributed by atoms with E-state index in [4.69, 9.17) is 10.5 Å². The van der Waals surface area contributed by atoms with Crippen LogP contribution in [0.1, 0.15) is 32.6 Å². The number of hydrogen-bond acceptors (Lipinski definition) is 2. The Morgan fingerprint density at radius 1 is 1.36 bits per heavy atom. The van der Waals surface area contributed by atoms with E-state index in [1.54, 1.807) is 12.2 Å². The first kappa shape index (κ1) is 12.5. The van der Waals surface area contributed by atoms with E-state index in [1.165, 1.54) is 0 Å². The maximum atomic E-state index is 8.89. The Morgan fingerprint density at radius 3 is 2.43 bits per heavy atom. The van der Waals surface area contributed by atoms with Crippen LogP contribution in [0.25, 0.3) is 0 Å². The molecule has 0 N–H and O–H groups in total. The molecule has 0 radical (unpaired) electrons. The van der Waals surface area contributed by atoms with Crippen LogP contribution in [0.15, 0.2) is 24.8 Å². The van der Waals surface area contributed by atoms with Crippen molar-refractivity contribution in [1.82, 2.24) is 0 Å². The van der Waals surface area contributed by atoms with Crippen LogP contribution in [0.5, 0.6) is 0 Å². The first-order chi connectivity index (χ1) is 6.74. The average Bonchev–Trinajstić information content (AvgIpc) is 2.23. The van der Waals surface area contributed by atoms with Crippen molar-refractivity contribution in [2.75, 3.05) is 0 Å². The summed E-state index contributed by atoms with van der Waals surface area (Å²) in [7, 11) is 0. The van der Waals surface area contributed by atoms with E-state index < -0.39 is 5.41 Å². The van der Waals surface area contributed by atoms with Crippen LogP contribution in [0.4, 0.5) is 0 Å². The van der Waals surface area contributed by atoms with Crippen LogP contribution in [0.3, 0.4) is 0 Å². The highest BCUT2D eigenvalue weighted by Crippen LogP contribution is 2.22. The van der Waals surface area contributed by atoms with Gasteiger partial charge in [0.2, 0.25) is 0 Å². The fourth-order valence-corrected chi connectivity index (χ4v) is 1.09. The molecule has 0 aliphatic heterocycles. The maximum Gasteiger partial charge on any atom is 0.165 e. The molecule has 74 valence electrons. The molecule has 0 rings (SSSR count). The van der Waals surface area contributed by atoms with Crippen molar-refractivity contribution in [1.29, 1.82) is 10.5 Å². The molecule has 0 aliphatic rings. The average molecular weight is 188 g/mol. The van der Waals surface area contributed by atoms with Crippen LogP contribution in [0, 0.1) is 28.1 Å². The van der Waals surface area contributed by atoms with Gasteiger partial charge in [-0.1, -0.05) is 38.0 Å². The van der Waals surface area contributed by atoms with Gasteiger partial charge < -0.3 is 0 Å². The molecule has 2 heteroatoms. The molecule has 0 aromatic heterocycles. The van der Waals surface area contributed by atoms with E-state index in [-0.39, 0.29) is 0 Å². The van der Waals surface area contributed by atoms with Crippen molar-refractivity contribution in [3.05, 3.63) is 24.8 Å². The molecule has 0 heterocycles. The van der Waals surface area contributed by atoms with Crippen molar-refractivity contribution in [3.8, 4) is 12.1 Å². The van der Waals surface area contributed by atoms with Crippen molar-refractivity contribution in [2.45, 2.75) is 32.6 Å². The number of unbranched alkanes of at least 4 members (excludes halogenated alkanes) is 2. The highest BCUT2D eigenvalue weighted by Gasteiger charge is 2.24. The fraction of sp³-hybridized carbons (Fsp3) is 0.500. The van der Waals surface area contributed by atoms with Gasteiger partial charge in [-0.15, -0.1) is 6.58 Å². The molecule has 0 fully saturated rings. The largest absolute Gasteiger partial charge is 0.196 e. The van der Waals surface area contributed by atoms with Crippen molar-refractivity contribution < 1.29 is 0 Å². The second kappa shape index (κ2) is 6.92. The number of hydrogen-bond donors (Lipinski definition) is 0. The molecule has 0 spiro atoms. The van der Waals surface area contributed by atoms with Crippen LogP contribution in [-0.2, 0) is 0 Å². The molecule has 0 unspecified atom stereocenters. The molecule has 0 atom stereocenters. The third-order valence-corrected chi connectivity index (χ3v) is 1.99. The predicted molar refractivity (Wildman–Crippen MR) is 57.1 cm³/mol. The molecule has 2 nitrogen and oxygen atoms in total. The van der Waals surface area contributed by atoms with Crippen LogP contribution in [0.2, 0.25) is 0 Å². The van der Waals surface area contributed by atoms with E-state index in [2.05, 4.69) is 13.5 Å². The number of nitrogens with zero attached hydrogens (tertiary/aromatic N) is 2. The molecule has 0 aromatic carbocycles. The van der Waals surface area contributed by atoms with Gasteiger partial charge in [0, 0.05) is 6.42 Å². The first-order valence-corrected chi connectivity index (χ1v) is 4.85. The zero-order valence-electron chi connectivity index (χ0n) is 8.66. The van der Waals surface area contributed by atoms with Crippen LogP contribution >= 0.6 is 0 Å². The molecule has 0 aliphatic carbocycles. The Morgan fingerprint density at radius 2 is 2.00 bits per heavy atom. The van der Waals surface area contributed by atoms with Crippen LogP contribution < -0.4 is 0 Å². The monoisotopic (exact) mass is 188 g/mol. The molecule has 0 saturated heterocycles. The number of allylic oxidation sites excluding steroid dienone is 3. The maximum absolute atomic E-state index is 8.89. The first-order valence-electron chi connectivity index (χ1n) is 4.85. The van der Waals surface area contributed by atoms with Gasteiger partial charge in [0.05, 0.1) is 12.1 Å². The van der Waals surface area contributed by atoms with Gasteiger partial charge in [0.1, 0.15) is 0 Å². The predicted octanol–water partition coefficient (Wildman–Crippen LogP) is 3.34. The molecular formula is C12H16N2. The third kappa shape index (κ3) is 3.92. The SMILES string of the molecule is C=CCC(C#N)(C#N)/C=C/CCCC. The fourth-order valence-electron chi connectivity index (χ4n) is 1.09. The Kier molecular flexibility index (Phi) is 6.16. The van der Waals surface area contributed by atoms with Crippen molar-refractivity contribution in [3.63, 3.8) is 0 Å². The van der Waals surface area contributed by atoms with Gasteiger partial charge in [-0.25, -0.2) is 0 Å². The van der Waals surface area contributed by atoms with Gasteiger partial charge in [0.15, 0.2) is 5.41 Å². The van der Waals surface area contributed by atoms with E-state index in [0.29, 0.717) is 6.42 Å². The third-order valence-electron chi connectivity index (χ3n) is 1.99. The highest BCUT2D eigenvalue weighted by molar-refractivity contribution is 5.25. The lowest BCUT2D eigenvalue weighted by Crippen LogP contribution is -2.10. The lowest BCUT2D eigenvalue weighted by Gasteiger charge is -2.09. The van der Waals surface area contributed by atoms with Crippen molar-refractivity contribution >= 4 is 0 Å². The lowest BCUT2D eigenvalue weighted by molar-refractivity contribution is 0.669. The summed E-state index contributed by atoms with van der Waals surface area (Å²) in [5.74, 6) is 0. The van der Waals surface area contributed by atoms with E-state index in [1.807, 2.05) is 18.2 Å². The normalized spacial score (nSPS) is 10.8. The van der Waals surface area contributed by atoms with E-state index in [9.17, 15) is 0 Å². The minimum absolute atomic E-state index is 0.391. The standard InChI is InChI=1S/C12H16N2/c1-3-5-6-7-9-12(10-13,11-14)8-4-2/h4,7,9H,2-3,5-6,8H2,1H3/b9-7+. The summed E-state index contributed by atoms with van der Waals surface area (Å²) in [6.07, 6.45) is 8.76. The summed E-state index contributed by atoms with van der Waals surface area (Å²) < 4.78 is 0. The smallest absolute Gasteiger partial charge is 0.165 e. The van der Waals surface area contributed by atoms with Gasteiger partial charge in [-0.3, -0.25) is 0 Å². The Labute approximate surface area is 86.2 Å². The van der Waals surface area contributed by atoms with Gasteiger partial charge in [0.25, 0.3) is 0 Å². The molecule has 0 bridgehead atoms. The molecule has 0 aromatic rings. The van der Waals surface area contributed by atoms with E-state index in [0.717, 1.165) is 19.3 Å². The zero-order valence-corrected chi connectivity index (χ0v) is 8.66. The lowest BCUT2D eigenvalue weighted by atomic mass is 9.87. The van der Waals surface area contributed by atoms with Gasteiger partial charge >= 0.3 is 0 Å². The topological polar surface area (TPSA) is 47.6 Å². The minimum atomic E-state index is -1.00. The summed E-state index contributed by atoms with van der Waals surface area (Å²) in [5, 5.41) is 17.8. The second-order valence-corrected chi connectivity index (χ2v) is 3.23. The van der Waals surface area contributed by atoms with Crippen molar-refractivity contribution in [2.24, 2.45) is 5.41 Å². The number of nitriles is 2. The van der Waals surface area contributed by atoms with Gasteiger partial charge in [-0.2, -0.15) is 10.5 Å². The van der Waals surface area contributed by atoms with Crippen LogP contribution in [-0.4, -0.2) is 0 Å². The summed E-state index contributed by atoms with van der Waals surface area (Å²) in [6.45, 7) is 5.66. The Bertz CT molecular complexity index is 262. The minimum Gasteiger partial charge on any atom is -0.196 e. The summed E-state index contributed by atoms with van der Waals surface area (Å²) in [5.41, 5.74) is -1.00. The number of rotatable bonds is 6. The van der Waals surface area contributed by atoms with Gasteiger partial charge in [-0.05, 0) is 6.42 Å². The second-order valence-electron chi connectivity index (χ2n) is 3.23. The molecule has 14 heavy (non-hydrogen) atoms. The zero-order chi connectivity index (χ0) is 10.9. The highest BCUT2D eigenvalue weighted by atomic mass is 14.4. The quantitative estimate of drug-likeness (QED) is 0.474. The summed E-state index contributed by atoms with van der Waals surface area (Å²) in [4.78, 5) is 0.